The summed E-state index contributed by atoms with van der Waals surface area (Å²) in [5.41, 5.74) is -1.28. The van der Waals surface area contributed by atoms with Gasteiger partial charge in [0.1, 0.15) is 6.10 Å². The molecule has 2 N–H and O–H groups in total. The van der Waals surface area contributed by atoms with Gasteiger partial charge in [-0.25, -0.2) is 0 Å². The second-order valence-electron chi connectivity index (χ2n) is 3.80. The largest absolute Gasteiger partial charge is 0.469 e. The lowest BCUT2D eigenvalue weighted by Gasteiger charge is -2.17. The highest BCUT2D eigenvalue weighted by Gasteiger charge is 2.32. The molecule has 19 heavy (non-hydrogen) atoms. The van der Waals surface area contributed by atoms with E-state index >= 15 is 0 Å². The first kappa shape index (κ1) is 15.4. The summed E-state index contributed by atoms with van der Waals surface area (Å²) in [6.07, 6.45) is -6.78. The molecule has 1 rings (SSSR count). The van der Waals surface area contributed by atoms with E-state index in [2.05, 4.69) is 9.72 Å². The van der Waals surface area contributed by atoms with Crippen molar-refractivity contribution in [1.29, 1.82) is 0 Å². The van der Waals surface area contributed by atoms with E-state index in [0.717, 1.165) is 13.3 Å². The number of rotatable bonds is 4. The average molecular weight is 279 g/mol. The fourth-order valence-electron chi connectivity index (χ4n) is 1.36. The molecule has 0 aromatic carbocycles. The summed E-state index contributed by atoms with van der Waals surface area (Å²) in [5.74, 6) is -0.786. The van der Waals surface area contributed by atoms with Gasteiger partial charge in [0, 0.05) is 18.0 Å². The van der Waals surface area contributed by atoms with Crippen LogP contribution in [0.5, 0.6) is 0 Å². The Morgan fingerprint density at radius 2 is 2.05 bits per heavy atom. The molecule has 0 fully saturated rings. The van der Waals surface area contributed by atoms with Crippen molar-refractivity contribution in [2.45, 2.75) is 24.8 Å². The van der Waals surface area contributed by atoms with Crippen molar-refractivity contribution in [3.05, 3.63) is 29.6 Å². The molecule has 0 spiro atoms. The molecule has 1 aromatic rings. The number of aliphatic hydroxyl groups excluding tert-OH is 2. The Morgan fingerprint density at radius 3 is 2.58 bits per heavy atom. The van der Waals surface area contributed by atoms with Gasteiger partial charge in [0.25, 0.3) is 0 Å². The molecule has 0 aliphatic rings. The van der Waals surface area contributed by atoms with Gasteiger partial charge < -0.3 is 14.9 Å². The van der Waals surface area contributed by atoms with Gasteiger partial charge in [0.15, 0.2) is 0 Å². The maximum absolute atomic E-state index is 12.4. The number of carbonyl (C=O) groups excluding carboxylic acids is 1. The number of carbonyl (C=O) groups is 1. The van der Waals surface area contributed by atoms with Crippen molar-refractivity contribution in [3.8, 4) is 0 Å². The minimum Gasteiger partial charge on any atom is -0.469 e. The van der Waals surface area contributed by atoms with E-state index in [0.29, 0.717) is 12.3 Å². The van der Waals surface area contributed by atoms with Crippen molar-refractivity contribution in [2.24, 2.45) is 0 Å². The number of hydrogen-bond donors (Lipinski definition) is 2. The predicted molar refractivity (Wildman–Crippen MR) is 56.8 cm³/mol. The summed E-state index contributed by atoms with van der Waals surface area (Å²) in [6.45, 7) is 0. The molecular weight excluding hydrogens is 267 g/mol. The number of ether oxygens (including phenoxy) is 1. The van der Waals surface area contributed by atoms with Gasteiger partial charge in [-0.1, -0.05) is 0 Å². The normalized spacial score (nSPS) is 14.8. The molecule has 0 aliphatic carbocycles. The first-order valence-corrected chi connectivity index (χ1v) is 5.20. The predicted octanol–water partition coefficient (Wildman–Crippen LogP) is 1.06. The molecular formula is C11H12F3NO4. The van der Waals surface area contributed by atoms with Gasteiger partial charge in [0.2, 0.25) is 0 Å². The van der Waals surface area contributed by atoms with E-state index in [-0.39, 0.29) is 5.56 Å². The third-order valence-electron chi connectivity index (χ3n) is 2.40. The molecule has 106 valence electrons. The van der Waals surface area contributed by atoms with Gasteiger partial charge >= 0.3 is 12.1 Å². The third kappa shape index (κ3) is 4.18. The highest BCUT2D eigenvalue weighted by Crippen LogP contribution is 2.30. The number of hydrogen-bond acceptors (Lipinski definition) is 5. The summed E-state index contributed by atoms with van der Waals surface area (Å²) in [4.78, 5) is 14.2. The second kappa shape index (κ2) is 5.98. The summed E-state index contributed by atoms with van der Waals surface area (Å²) in [7, 11) is 1.09. The standard InChI is InChI=1S/C11H12F3NO4/c1-19-9(17)3-8(16)10(18)6-2-7(5-15-4-6)11(12,13)14/h2,4-5,8,10,16,18H,3H2,1H3. The van der Waals surface area contributed by atoms with Crippen LogP contribution in [0.3, 0.4) is 0 Å². The summed E-state index contributed by atoms with van der Waals surface area (Å²) >= 11 is 0. The highest BCUT2D eigenvalue weighted by molar-refractivity contribution is 5.69. The molecule has 5 nitrogen and oxygen atoms in total. The van der Waals surface area contributed by atoms with Crippen LogP contribution in [0, 0.1) is 0 Å². The van der Waals surface area contributed by atoms with Crippen LogP contribution in [0.4, 0.5) is 13.2 Å². The topological polar surface area (TPSA) is 79.7 Å². The SMILES string of the molecule is COC(=O)CC(O)C(O)c1cncc(C(F)(F)F)c1. The number of esters is 1. The van der Waals surface area contributed by atoms with Gasteiger partial charge in [-0.15, -0.1) is 0 Å². The van der Waals surface area contributed by atoms with Crippen molar-refractivity contribution < 1.29 is 32.9 Å². The first-order valence-electron chi connectivity index (χ1n) is 5.20. The minimum absolute atomic E-state index is 0.230. The average Bonchev–Trinajstić information content (AvgIpc) is 2.36. The van der Waals surface area contributed by atoms with Crippen LogP contribution in [-0.4, -0.2) is 34.4 Å². The fourth-order valence-corrected chi connectivity index (χ4v) is 1.36. The van der Waals surface area contributed by atoms with Crippen LogP contribution in [0.25, 0.3) is 0 Å². The molecule has 0 amide bonds. The van der Waals surface area contributed by atoms with Crippen molar-refractivity contribution in [1.82, 2.24) is 4.98 Å². The lowest BCUT2D eigenvalue weighted by molar-refractivity contribution is -0.145. The van der Waals surface area contributed by atoms with Gasteiger partial charge in [-0.2, -0.15) is 13.2 Å². The molecule has 2 atom stereocenters. The van der Waals surface area contributed by atoms with Crippen LogP contribution in [0.2, 0.25) is 0 Å². The lowest BCUT2D eigenvalue weighted by atomic mass is 10.0. The molecule has 0 saturated heterocycles. The summed E-state index contributed by atoms with van der Waals surface area (Å²) in [6, 6.07) is 0.665. The molecule has 1 aromatic heterocycles. The van der Waals surface area contributed by atoms with E-state index in [4.69, 9.17) is 0 Å². The van der Waals surface area contributed by atoms with Crippen molar-refractivity contribution in [2.75, 3.05) is 7.11 Å². The van der Waals surface area contributed by atoms with Crippen LogP contribution in [0.1, 0.15) is 23.7 Å². The van der Waals surface area contributed by atoms with Gasteiger partial charge in [0.05, 0.1) is 25.2 Å². The molecule has 0 aliphatic heterocycles. The Bertz CT molecular complexity index is 450. The van der Waals surface area contributed by atoms with E-state index in [9.17, 15) is 28.2 Å². The monoisotopic (exact) mass is 279 g/mol. The summed E-state index contributed by atoms with van der Waals surface area (Å²) < 4.78 is 41.6. The van der Waals surface area contributed by atoms with E-state index in [1.807, 2.05) is 0 Å². The Balaban J connectivity index is 2.88. The molecule has 2 unspecified atom stereocenters. The van der Waals surface area contributed by atoms with Crippen molar-refractivity contribution in [3.63, 3.8) is 0 Å². The minimum atomic E-state index is -4.60. The lowest BCUT2D eigenvalue weighted by Crippen LogP contribution is -2.23. The number of methoxy groups -OCH3 is 1. The second-order valence-corrected chi connectivity index (χ2v) is 3.80. The van der Waals surface area contributed by atoms with Crippen LogP contribution < -0.4 is 0 Å². The molecule has 0 radical (unpaired) electrons. The summed E-state index contributed by atoms with van der Waals surface area (Å²) in [5, 5.41) is 19.2. The zero-order chi connectivity index (χ0) is 14.6. The molecule has 0 saturated carbocycles. The van der Waals surface area contributed by atoms with Crippen LogP contribution >= 0.6 is 0 Å². The Morgan fingerprint density at radius 1 is 1.42 bits per heavy atom. The van der Waals surface area contributed by atoms with Crippen molar-refractivity contribution >= 4 is 5.97 Å². The van der Waals surface area contributed by atoms with E-state index < -0.39 is 36.3 Å². The number of pyridine rings is 1. The van der Waals surface area contributed by atoms with Gasteiger partial charge in [-0.05, 0) is 6.07 Å². The number of halogens is 3. The third-order valence-corrected chi connectivity index (χ3v) is 2.40. The fraction of sp³-hybridized carbons (Fsp3) is 0.455. The Hall–Kier alpha value is -1.67. The Labute approximate surface area is 106 Å². The number of nitrogens with zero attached hydrogens (tertiary/aromatic N) is 1. The molecule has 0 bridgehead atoms. The number of alkyl halides is 3. The molecule has 8 heteroatoms. The zero-order valence-electron chi connectivity index (χ0n) is 9.89. The maximum atomic E-state index is 12.4. The van der Waals surface area contributed by atoms with E-state index in [1.54, 1.807) is 0 Å². The highest BCUT2D eigenvalue weighted by atomic mass is 19.4. The smallest absolute Gasteiger partial charge is 0.417 e. The number of aromatic nitrogens is 1. The number of aliphatic hydroxyl groups is 2. The van der Waals surface area contributed by atoms with Crippen LogP contribution in [0.15, 0.2) is 18.5 Å². The zero-order valence-corrected chi connectivity index (χ0v) is 9.89. The Kier molecular flexibility index (Phi) is 4.84. The maximum Gasteiger partial charge on any atom is 0.417 e. The van der Waals surface area contributed by atoms with Gasteiger partial charge in [-0.3, -0.25) is 9.78 Å². The van der Waals surface area contributed by atoms with Crippen LogP contribution in [-0.2, 0) is 15.7 Å². The quantitative estimate of drug-likeness (QED) is 0.806. The first-order chi connectivity index (χ1) is 8.75. The molecule has 1 heterocycles. The van der Waals surface area contributed by atoms with E-state index in [1.165, 1.54) is 0 Å².